The third-order valence-corrected chi connectivity index (χ3v) is 3.95. The highest BCUT2D eigenvalue weighted by molar-refractivity contribution is 7.80. The maximum atomic E-state index is 11.8. The fourth-order valence-electron chi connectivity index (χ4n) is 2.40. The van der Waals surface area contributed by atoms with Gasteiger partial charge in [-0.2, -0.15) is 25.3 Å². The van der Waals surface area contributed by atoms with Crippen LogP contribution in [0.2, 0.25) is 0 Å². The van der Waals surface area contributed by atoms with Gasteiger partial charge in [-0.15, -0.1) is 0 Å². The summed E-state index contributed by atoms with van der Waals surface area (Å²) < 4.78 is 0. The molecule has 0 saturated carbocycles. The Morgan fingerprint density at radius 1 is 1.09 bits per heavy atom. The summed E-state index contributed by atoms with van der Waals surface area (Å²) in [6, 6.07) is 10.5. The highest BCUT2D eigenvalue weighted by Crippen LogP contribution is 2.03. The van der Waals surface area contributed by atoms with Crippen molar-refractivity contribution in [3.05, 3.63) is 35.9 Å². The van der Waals surface area contributed by atoms with E-state index in [4.69, 9.17) is 0 Å². The first-order chi connectivity index (χ1) is 11.2. The molecule has 0 bridgehead atoms. The predicted molar refractivity (Wildman–Crippen MR) is 105 cm³/mol. The summed E-state index contributed by atoms with van der Waals surface area (Å²) in [5, 5.41) is 2.86. The molecule has 0 atom stereocenters. The number of carbonyl (C=O) groups is 1. The predicted octanol–water partition coefficient (Wildman–Crippen LogP) is 1.79. The molecule has 0 aliphatic carbocycles. The summed E-state index contributed by atoms with van der Waals surface area (Å²) in [6.45, 7) is 4.77. The van der Waals surface area contributed by atoms with E-state index in [9.17, 15) is 4.79 Å². The summed E-state index contributed by atoms with van der Waals surface area (Å²) in [7, 11) is 2.13. The lowest BCUT2D eigenvalue weighted by Crippen LogP contribution is -2.40. The normalized spacial score (nSPS) is 11.2. The van der Waals surface area contributed by atoms with E-state index in [0.717, 1.165) is 38.4 Å². The Balaban J connectivity index is 2.27. The maximum Gasteiger partial charge on any atom is 0.234 e. The van der Waals surface area contributed by atoms with E-state index in [1.165, 1.54) is 5.56 Å². The van der Waals surface area contributed by atoms with Crippen LogP contribution in [0.25, 0.3) is 0 Å². The third kappa shape index (κ3) is 9.91. The zero-order valence-corrected chi connectivity index (χ0v) is 15.7. The Hall–Kier alpha value is -0.690. The SMILES string of the molecule is CN(CCCN(CCS)CC(=O)NCCS)Cc1ccccc1. The van der Waals surface area contributed by atoms with Crippen molar-refractivity contribution in [3.8, 4) is 0 Å². The number of hydrogen-bond acceptors (Lipinski definition) is 5. The summed E-state index contributed by atoms with van der Waals surface area (Å²) >= 11 is 8.39. The Bertz CT molecular complexity index is 431. The fraction of sp³-hybridized carbons (Fsp3) is 0.588. The first-order valence-electron chi connectivity index (χ1n) is 8.09. The van der Waals surface area contributed by atoms with E-state index in [2.05, 4.69) is 71.7 Å². The van der Waals surface area contributed by atoms with Gasteiger partial charge in [-0.3, -0.25) is 9.69 Å². The topological polar surface area (TPSA) is 35.6 Å². The molecule has 0 unspecified atom stereocenters. The van der Waals surface area contributed by atoms with Crippen LogP contribution in [0.15, 0.2) is 30.3 Å². The first-order valence-corrected chi connectivity index (χ1v) is 9.35. The van der Waals surface area contributed by atoms with E-state index < -0.39 is 0 Å². The summed E-state index contributed by atoms with van der Waals surface area (Å²) in [5.74, 6) is 1.50. The second-order valence-corrected chi connectivity index (χ2v) is 6.54. The molecule has 4 nitrogen and oxygen atoms in total. The molecule has 1 aromatic carbocycles. The molecule has 0 fully saturated rings. The number of rotatable bonds is 12. The number of carbonyl (C=O) groups excluding carboxylic acids is 1. The van der Waals surface area contributed by atoms with Gasteiger partial charge in [0.05, 0.1) is 6.54 Å². The molecule has 1 rings (SSSR count). The van der Waals surface area contributed by atoms with Gasteiger partial charge in [-0.25, -0.2) is 0 Å². The first kappa shape index (κ1) is 20.4. The minimum atomic E-state index is 0.0680. The molecule has 0 radical (unpaired) electrons. The standard InChI is InChI=1S/C17H29N3OS2/c1-19(14-16-6-3-2-4-7-16)9-5-10-20(11-13-23)15-17(21)18-8-12-22/h2-4,6-7,22-23H,5,8-15H2,1H3,(H,18,21). The largest absolute Gasteiger partial charge is 0.354 e. The molecule has 0 heterocycles. The van der Waals surface area contributed by atoms with Gasteiger partial charge < -0.3 is 10.2 Å². The highest BCUT2D eigenvalue weighted by Gasteiger charge is 2.10. The molecule has 6 heteroatoms. The Morgan fingerprint density at radius 3 is 2.48 bits per heavy atom. The van der Waals surface area contributed by atoms with Crippen molar-refractivity contribution < 1.29 is 4.79 Å². The summed E-state index contributed by atoms with van der Waals surface area (Å²) in [6.07, 6.45) is 1.04. The molecule has 1 amide bonds. The number of hydrogen-bond donors (Lipinski definition) is 3. The Labute approximate surface area is 151 Å². The van der Waals surface area contributed by atoms with Crippen LogP contribution in [-0.4, -0.2) is 67.0 Å². The van der Waals surface area contributed by atoms with E-state index in [0.29, 0.717) is 18.8 Å². The number of nitrogens with one attached hydrogen (secondary N) is 1. The van der Waals surface area contributed by atoms with Crippen LogP contribution in [0.3, 0.4) is 0 Å². The molecule has 0 aromatic heterocycles. The Morgan fingerprint density at radius 2 is 1.83 bits per heavy atom. The highest BCUT2D eigenvalue weighted by atomic mass is 32.1. The quantitative estimate of drug-likeness (QED) is 0.500. The van der Waals surface area contributed by atoms with E-state index in [-0.39, 0.29) is 5.91 Å². The monoisotopic (exact) mass is 355 g/mol. The van der Waals surface area contributed by atoms with Gasteiger partial charge in [-0.05, 0) is 32.1 Å². The second-order valence-electron chi connectivity index (χ2n) is 5.65. The maximum absolute atomic E-state index is 11.8. The number of benzene rings is 1. The van der Waals surface area contributed by atoms with Crippen LogP contribution in [0.1, 0.15) is 12.0 Å². The van der Waals surface area contributed by atoms with Gasteiger partial charge in [0.15, 0.2) is 0 Å². The van der Waals surface area contributed by atoms with E-state index >= 15 is 0 Å². The molecule has 23 heavy (non-hydrogen) atoms. The van der Waals surface area contributed by atoms with Crippen LogP contribution >= 0.6 is 25.3 Å². The van der Waals surface area contributed by atoms with Gasteiger partial charge >= 0.3 is 0 Å². The Kier molecular flexibility index (Phi) is 11.2. The smallest absolute Gasteiger partial charge is 0.234 e. The van der Waals surface area contributed by atoms with Gasteiger partial charge in [0.25, 0.3) is 0 Å². The number of thiol groups is 2. The average Bonchev–Trinajstić information content (AvgIpc) is 2.54. The van der Waals surface area contributed by atoms with Crippen molar-refractivity contribution in [1.82, 2.24) is 15.1 Å². The molecule has 130 valence electrons. The van der Waals surface area contributed by atoms with Crippen molar-refractivity contribution >= 4 is 31.2 Å². The van der Waals surface area contributed by atoms with Crippen molar-refractivity contribution in [2.45, 2.75) is 13.0 Å². The van der Waals surface area contributed by atoms with Crippen LogP contribution < -0.4 is 5.32 Å². The van der Waals surface area contributed by atoms with Crippen molar-refractivity contribution in [2.75, 3.05) is 51.3 Å². The molecular formula is C17H29N3OS2. The van der Waals surface area contributed by atoms with Crippen LogP contribution in [0, 0.1) is 0 Å². The number of nitrogens with zero attached hydrogens (tertiary/aromatic N) is 2. The lowest BCUT2D eigenvalue weighted by atomic mass is 10.2. The van der Waals surface area contributed by atoms with Gasteiger partial charge in [0, 0.05) is 31.1 Å². The molecule has 0 spiro atoms. The van der Waals surface area contributed by atoms with E-state index in [1.807, 2.05) is 6.07 Å². The molecule has 1 aromatic rings. The van der Waals surface area contributed by atoms with Gasteiger partial charge in [0.2, 0.25) is 5.91 Å². The van der Waals surface area contributed by atoms with Crippen LogP contribution in [0.5, 0.6) is 0 Å². The van der Waals surface area contributed by atoms with Crippen LogP contribution in [-0.2, 0) is 11.3 Å². The zero-order chi connectivity index (χ0) is 16.9. The van der Waals surface area contributed by atoms with Gasteiger partial charge in [-0.1, -0.05) is 30.3 Å². The molecule has 0 saturated heterocycles. The fourth-order valence-corrected chi connectivity index (χ4v) is 2.80. The third-order valence-electron chi connectivity index (χ3n) is 3.53. The summed E-state index contributed by atoms with van der Waals surface area (Å²) in [4.78, 5) is 16.3. The lowest BCUT2D eigenvalue weighted by Gasteiger charge is -2.23. The van der Waals surface area contributed by atoms with Crippen molar-refractivity contribution in [2.24, 2.45) is 0 Å². The molecule has 0 aliphatic heterocycles. The van der Waals surface area contributed by atoms with E-state index in [1.54, 1.807) is 0 Å². The molecular weight excluding hydrogens is 326 g/mol. The minimum Gasteiger partial charge on any atom is -0.354 e. The molecule has 0 aliphatic rings. The lowest BCUT2D eigenvalue weighted by molar-refractivity contribution is -0.122. The minimum absolute atomic E-state index is 0.0680. The molecule has 1 N–H and O–H groups in total. The van der Waals surface area contributed by atoms with Crippen molar-refractivity contribution in [3.63, 3.8) is 0 Å². The second kappa shape index (κ2) is 12.7. The average molecular weight is 356 g/mol. The zero-order valence-electron chi connectivity index (χ0n) is 13.9. The number of amides is 1. The van der Waals surface area contributed by atoms with Crippen molar-refractivity contribution in [1.29, 1.82) is 0 Å². The summed E-state index contributed by atoms with van der Waals surface area (Å²) in [5.41, 5.74) is 1.33. The van der Waals surface area contributed by atoms with Crippen LogP contribution in [0.4, 0.5) is 0 Å². The van der Waals surface area contributed by atoms with Gasteiger partial charge in [0.1, 0.15) is 0 Å².